The highest BCUT2D eigenvalue weighted by Crippen LogP contribution is 2.10. The summed E-state index contributed by atoms with van der Waals surface area (Å²) in [4.78, 5) is 58.7. The molecule has 0 saturated heterocycles. The van der Waals surface area contributed by atoms with Crippen LogP contribution in [0.4, 0.5) is 0 Å². The predicted molar refractivity (Wildman–Crippen MR) is 135 cm³/mol. The van der Waals surface area contributed by atoms with Crippen LogP contribution >= 0.6 is 0 Å². The third kappa shape index (κ3) is 17.6. The Morgan fingerprint density at radius 1 is 0.778 bits per heavy atom. The molecule has 0 radical (unpaired) electrons. The number of carbonyl (C=O) groups excluding carboxylic acids is 4. The van der Waals surface area contributed by atoms with Crippen LogP contribution in [-0.2, 0) is 24.0 Å². The number of aliphatic hydroxyl groups is 1. The molecule has 0 aromatic rings. The van der Waals surface area contributed by atoms with Gasteiger partial charge in [-0.3, -0.25) is 24.0 Å². The minimum atomic E-state index is -1.16. The van der Waals surface area contributed by atoms with Crippen LogP contribution in [0.15, 0.2) is 0 Å². The lowest BCUT2D eigenvalue weighted by Crippen LogP contribution is -2.58. The zero-order valence-corrected chi connectivity index (χ0v) is 22.1. The minimum absolute atomic E-state index is 0.0653. The Kier molecular flexibility index (Phi) is 19.1. The van der Waals surface area contributed by atoms with Crippen LogP contribution in [0.2, 0.25) is 0 Å². The molecule has 4 unspecified atom stereocenters. The second-order valence-electron chi connectivity index (χ2n) is 9.44. The molecule has 210 valence electrons. The van der Waals surface area contributed by atoms with Crippen molar-refractivity contribution in [2.75, 3.05) is 13.2 Å². The first-order chi connectivity index (χ1) is 16.7. The molecule has 0 rings (SSSR count). The summed E-state index contributed by atoms with van der Waals surface area (Å²) in [6, 6.07) is -3.87. The number of unbranched alkanes of at least 4 members (excludes halogenated alkanes) is 1. The van der Waals surface area contributed by atoms with E-state index in [4.69, 9.17) is 32.2 Å². The number of nitrogens with two attached hydrogens (primary N) is 3. The lowest BCUT2D eigenvalue weighted by molar-refractivity contribution is -0.134. The highest BCUT2D eigenvalue weighted by molar-refractivity contribution is 5.94. The lowest BCUT2D eigenvalue weighted by atomic mass is 9.99. The van der Waals surface area contributed by atoms with E-state index in [1.54, 1.807) is 0 Å². The summed E-state index contributed by atoms with van der Waals surface area (Å²) < 4.78 is 0. The molecule has 0 aromatic carbocycles. The zero-order chi connectivity index (χ0) is 28.4. The zero-order valence-electron chi connectivity index (χ0n) is 22.1. The molecule has 0 fully saturated rings. The molecule has 4 amide bonds. The van der Waals surface area contributed by atoms with Crippen LogP contribution < -0.4 is 33.2 Å². The van der Waals surface area contributed by atoms with Gasteiger partial charge in [0.1, 0.15) is 24.2 Å². The molecule has 0 saturated carbocycles. The average molecular weight is 519 g/mol. The Hall–Kier alpha value is -2.77. The van der Waals surface area contributed by atoms with Gasteiger partial charge in [0.05, 0.1) is 6.61 Å². The fourth-order valence-corrected chi connectivity index (χ4v) is 3.09. The maximum atomic E-state index is 12.9. The molecular formula is C23H46N6O7. The Bertz CT molecular complexity index is 698. The van der Waals surface area contributed by atoms with Gasteiger partial charge < -0.3 is 43.4 Å². The van der Waals surface area contributed by atoms with Crippen molar-refractivity contribution in [3.8, 4) is 0 Å². The van der Waals surface area contributed by atoms with Gasteiger partial charge in [0.15, 0.2) is 0 Å². The quantitative estimate of drug-likeness (QED) is 0.111. The van der Waals surface area contributed by atoms with Crippen molar-refractivity contribution in [2.45, 2.75) is 90.9 Å². The smallest absolute Gasteiger partial charge is 0.300 e. The van der Waals surface area contributed by atoms with Crippen molar-refractivity contribution >= 4 is 29.6 Å². The number of nitrogens with one attached hydrogen (secondary N) is 3. The van der Waals surface area contributed by atoms with E-state index in [1.807, 2.05) is 27.7 Å². The van der Waals surface area contributed by atoms with Crippen molar-refractivity contribution in [1.82, 2.24) is 16.0 Å². The number of aliphatic carboxylic acids is 1. The summed E-state index contributed by atoms with van der Waals surface area (Å²) >= 11 is 0. The second kappa shape index (κ2) is 19.4. The predicted octanol–water partition coefficient (Wildman–Crippen LogP) is -1.44. The molecule has 0 spiro atoms. The number of amides is 4. The van der Waals surface area contributed by atoms with Gasteiger partial charge in [-0.25, -0.2) is 0 Å². The Balaban J connectivity index is 0. The normalized spacial score (nSPS) is 14.1. The number of rotatable bonds is 16. The maximum Gasteiger partial charge on any atom is 0.300 e. The Labute approximate surface area is 213 Å². The molecule has 11 N–H and O–H groups in total. The summed E-state index contributed by atoms with van der Waals surface area (Å²) in [5.74, 6) is -3.09. The SMILES string of the molecule is CC(=O)O.CC(C)CC(NC(=O)C(N)CO)C(=O)NC(CC(C)C)C(=O)NC(CCCCN)C(N)=O. The van der Waals surface area contributed by atoms with Gasteiger partial charge in [-0.2, -0.15) is 0 Å². The van der Waals surface area contributed by atoms with Crippen molar-refractivity contribution in [1.29, 1.82) is 0 Å². The molecule has 0 aromatic heterocycles. The van der Waals surface area contributed by atoms with Gasteiger partial charge in [-0.15, -0.1) is 0 Å². The molecule has 0 aliphatic rings. The monoisotopic (exact) mass is 518 g/mol. The molecule has 0 aliphatic heterocycles. The van der Waals surface area contributed by atoms with Gasteiger partial charge in [-0.1, -0.05) is 27.7 Å². The maximum absolute atomic E-state index is 12.9. The number of hydrogen-bond acceptors (Lipinski definition) is 8. The highest BCUT2D eigenvalue weighted by atomic mass is 16.4. The first-order valence-electron chi connectivity index (χ1n) is 12.1. The molecule has 36 heavy (non-hydrogen) atoms. The van der Waals surface area contributed by atoms with Crippen molar-refractivity contribution in [3.63, 3.8) is 0 Å². The molecule has 0 bridgehead atoms. The topological polar surface area (TPSA) is 240 Å². The van der Waals surface area contributed by atoms with Crippen LogP contribution in [0.1, 0.15) is 66.7 Å². The summed E-state index contributed by atoms with van der Waals surface area (Å²) in [6.07, 6.45) is 2.31. The van der Waals surface area contributed by atoms with Gasteiger partial charge in [-0.05, 0) is 50.5 Å². The van der Waals surface area contributed by atoms with Gasteiger partial charge in [0.2, 0.25) is 23.6 Å². The number of carboxylic acids is 1. The van der Waals surface area contributed by atoms with E-state index < -0.39 is 60.4 Å². The number of hydrogen-bond donors (Lipinski definition) is 8. The fraction of sp³-hybridized carbons (Fsp3) is 0.783. The first kappa shape index (κ1) is 35.4. The largest absolute Gasteiger partial charge is 0.481 e. The fourth-order valence-electron chi connectivity index (χ4n) is 3.09. The van der Waals surface area contributed by atoms with Crippen molar-refractivity contribution in [2.24, 2.45) is 29.0 Å². The number of aliphatic hydroxyl groups excluding tert-OH is 1. The standard InChI is InChI=1S/C21H42N6O5.C2H4O2/c1-12(2)9-16(26-19(30)14(23)11-28)21(32)27-17(10-13(3)4)20(31)25-15(18(24)29)7-5-6-8-22;1-2(3)4/h12-17,28H,5-11,22-23H2,1-4H3,(H2,24,29)(H,25,31)(H,26,30)(H,27,32);1H3,(H,3,4). The van der Waals surface area contributed by atoms with Crippen LogP contribution in [0, 0.1) is 11.8 Å². The van der Waals surface area contributed by atoms with Crippen LogP contribution in [0.3, 0.4) is 0 Å². The van der Waals surface area contributed by atoms with E-state index in [0.29, 0.717) is 38.6 Å². The van der Waals surface area contributed by atoms with Crippen molar-refractivity contribution < 1.29 is 34.2 Å². The van der Waals surface area contributed by atoms with Gasteiger partial charge >= 0.3 is 0 Å². The molecule has 13 nitrogen and oxygen atoms in total. The molecule has 0 aliphatic carbocycles. The summed E-state index contributed by atoms with van der Waals surface area (Å²) in [5.41, 5.74) is 16.4. The second-order valence-corrected chi connectivity index (χ2v) is 9.44. The summed E-state index contributed by atoms with van der Waals surface area (Å²) in [6.45, 7) is 8.55. The molecular weight excluding hydrogens is 472 g/mol. The van der Waals surface area contributed by atoms with Crippen molar-refractivity contribution in [3.05, 3.63) is 0 Å². The number of carbonyl (C=O) groups is 5. The van der Waals surface area contributed by atoms with Crippen LogP contribution in [0.25, 0.3) is 0 Å². The Morgan fingerprint density at radius 3 is 1.50 bits per heavy atom. The van der Waals surface area contributed by atoms with E-state index in [-0.39, 0.29) is 11.8 Å². The summed E-state index contributed by atoms with van der Waals surface area (Å²) in [5, 5.41) is 24.3. The first-order valence-corrected chi connectivity index (χ1v) is 12.1. The Morgan fingerprint density at radius 2 is 1.17 bits per heavy atom. The minimum Gasteiger partial charge on any atom is -0.481 e. The summed E-state index contributed by atoms with van der Waals surface area (Å²) in [7, 11) is 0. The van der Waals surface area contributed by atoms with Gasteiger partial charge in [0, 0.05) is 6.92 Å². The third-order valence-electron chi connectivity index (χ3n) is 4.82. The molecule has 0 heterocycles. The number of primary amides is 1. The molecule has 4 atom stereocenters. The van der Waals surface area contributed by atoms with E-state index in [2.05, 4.69) is 16.0 Å². The third-order valence-corrected chi connectivity index (χ3v) is 4.82. The lowest BCUT2D eigenvalue weighted by Gasteiger charge is -2.27. The van der Waals surface area contributed by atoms with Gasteiger partial charge in [0.25, 0.3) is 5.97 Å². The highest BCUT2D eigenvalue weighted by Gasteiger charge is 2.30. The molecule has 13 heteroatoms. The van der Waals surface area contributed by atoms with E-state index in [0.717, 1.165) is 6.92 Å². The average Bonchev–Trinajstić information content (AvgIpc) is 2.75. The van der Waals surface area contributed by atoms with Crippen LogP contribution in [-0.4, -0.2) is 77.1 Å². The van der Waals surface area contributed by atoms with E-state index >= 15 is 0 Å². The van der Waals surface area contributed by atoms with Crippen LogP contribution in [0.5, 0.6) is 0 Å². The number of carboxylic acid groups (broad SMARTS) is 1. The van der Waals surface area contributed by atoms with E-state index in [1.165, 1.54) is 0 Å². The van der Waals surface area contributed by atoms with E-state index in [9.17, 15) is 19.2 Å².